The average molecular weight is 380 g/mol. The standard InChI is InChI=1S/C21H20N2O5/c1-26-17-10-13(11-18(27-2)19(17)24)20-22-16-8-4-3-7-15(16)21(25)23(20)12-14-6-5-9-28-14/h3-11,20,22,24H,12H2,1-2H3/t20-/m1/s1. The molecule has 2 N–H and O–H groups in total. The van der Waals surface area contributed by atoms with Gasteiger partial charge in [0.1, 0.15) is 11.9 Å². The highest BCUT2D eigenvalue weighted by Gasteiger charge is 2.34. The van der Waals surface area contributed by atoms with Crippen LogP contribution in [0, 0.1) is 0 Å². The maximum Gasteiger partial charge on any atom is 0.258 e. The van der Waals surface area contributed by atoms with E-state index in [-0.39, 0.29) is 29.7 Å². The number of phenolic OH excluding ortho intramolecular Hbond substituents is 1. The zero-order valence-electron chi connectivity index (χ0n) is 15.5. The first-order valence-corrected chi connectivity index (χ1v) is 8.76. The molecule has 0 aliphatic carbocycles. The van der Waals surface area contributed by atoms with Crippen molar-refractivity contribution in [1.29, 1.82) is 0 Å². The topological polar surface area (TPSA) is 84.2 Å². The van der Waals surface area contributed by atoms with Crippen molar-refractivity contribution in [3.8, 4) is 17.2 Å². The number of furan rings is 1. The number of amides is 1. The molecule has 1 aliphatic heterocycles. The van der Waals surface area contributed by atoms with E-state index in [4.69, 9.17) is 13.9 Å². The molecule has 0 bridgehead atoms. The molecule has 7 nitrogen and oxygen atoms in total. The van der Waals surface area contributed by atoms with E-state index >= 15 is 0 Å². The minimum atomic E-state index is -0.504. The Bertz CT molecular complexity index is 975. The number of rotatable bonds is 5. The lowest BCUT2D eigenvalue weighted by atomic mass is 10.0. The number of nitrogens with zero attached hydrogens (tertiary/aromatic N) is 1. The van der Waals surface area contributed by atoms with Gasteiger partial charge in [-0.15, -0.1) is 0 Å². The maximum atomic E-state index is 13.2. The van der Waals surface area contributed by atoms with Crippen LogP contribution in [0.4, 0.5) is 5.69 Å². The monoisotopic (exact) mass is 380 g/mol. The molecule has 0 unspecified atom stereocenters. The molecule has 3 aromatic rings. The fourth-order valence-corrected chi connectivity index (χ4v) is 3.36. The van der Waals surface area contributed by atoms with E-state index in [2.05, 4.69) is 5.32 Å². The number of fused-ring (bicyclic) bond motifs is 1. The zero-order chi connectivity index (χ0) is 19.7. The number of para-hydroxylation sites is 1. The van der Waals surface area contributed by atoms with E-state index in [0.29, 0.717) is 16.9 Å². The van der Waals surface area contributed by atoms with Crippen LogP contribution in [0.2, 0.25) is 0 Å². The Morgan fingerprint density at radius 2 is 1.82 bits per heavy atom. The fraction of sp³-hybridized carbons (Fsp3) is 0.190. The van der Waals surface area contributed by atoms with Crippen LogP contribution in [-0.2, 0) is 6.54 Å². The van der Waals surface area contributed by atoms with E-state index in [1.807, 2.05) is 24.3 Å². The minimum Gasteiger partial charge on any atom is -0.502 e. The molecule has 1 amide bonds. The highest BCUT2D eigenvalue weighted by atomic mass is 16.5. The van der Waals surface area contributed by atoms with Gasteiger partial charge >= 0.3 is 0 Å². The van der Waals surface area contributed by atoms with Crippen LogP contribution in [0.25, 0.3) is 0 Å². The van der Waals surface area contributed by atoms with Gasteiger partial charge in [-0.3, -0.25) is 4.79 Å². The summed E-state index contributed by atoms with van der Waals surface area (Å²) in [6, 6.07) is 14.3. The lowest BCUT2D eigenvalue weighted by molar-refractivity contribution is 0.0651. The molecule has 4 rings (SSSR count). The van der Waals surface area contributed by atoms with Crippen LogP contribution in [0.3, 0.4) is 0 Å². The zero-order valence-corrected chi connectivity index (χ0v) is 15.5. The molecule has 28 heavy (non-hydrogen) atoms. The average Bonchev–Trinajstić information content (AvgIpc) is 3.23. The van der Waals surface area contributed by atoms with E-state index in [1.165, 1.54) is 14.2 Å². The van der Waals surface area contributed by atoms with Crippen molar-refractivity contribution in [3.05, 3.63) is 71.7 Å². The van der Waals surface area contributed by atoms with E-state index in [0.717, 1.165) is 5.69 Å². The second-order valence-corrected chi connectivity index (χ2v) is 6.38. The number of aromatic hydroxyl groups is 1. The third-order valence-electron chi connectivity index (χ3n) is 4.75. The van der Waals surface area contributed by atoms with Crippen LogP contribution >= 0.6 is 0 Å². The first-order valence-electron chi connectivity index (χ1n) is 8.76. The van der Waals surface area contributed by atoms with Gasteiger partial charge in [0.2, 0.25) is 5.75 Å². The first-order chi connectivity index (χ1) is 13.6. The van der Waals surface area contributed by atoms with Crippen LogP contribution in [-0.4, -0.2) is 30.1 Å². The Hall–Kier alpha value is -3.61. The van der Waals surface area contributed by atoms with Gasteiger partial charge in [-0.2, -0.15) is 0 Å². The molecule has 1 atom stereocenters. The van der Waals surface area contributed by atoms with Crippen molar-refractivity contribution in [1.82, 2.24) is 4.90 Å². The Labute approximate surface area is 162 Å². The summed E-state index contributed by atoms with van der Waals surface area (Å²) in [4.78, 5) is 14.9. The summed E-state index contributed by atoms with van der Waals surface area (Å²) in [5.41, 5.74) is 2.03. The Balaban J connectivity index is 1.82. The molecule has 0 saturated heterocycles. The van der Waals surface area contributed by atoms with Crippen molar-refractivity contribution >= 4 is 11.6 Å². The van der Waals surface area contributed by atoms with Gasteiger partial charge in [-0.25, -0.2) is 0 Å². The largest absolute Gasteiger partial charge is 0.502 e. The van der Waals surface area contributed by atoms with Crippen LogP contribution in [0.5, 0.6) is 17.2 Å². The van der Waals surface area contributed by atoms with Gasteiger partial charge < -0.3 is 29.2 Å². The van der Waals surface area contributed by atoms with Gasteiger partial charge in [-0.05, 0) is 36.4 Å². The molecule has 144 valence electrons. The van der Waals surface area contributed by atoms with Gasteiger partial charge in [0.25, 0.3) is 5.91 Å². The summed E-state index contributed by atoms with van der Waals surface area (Å²) < 4.78 is 16.0. The molecule has 7 heteroatoms. The number of hydrogen-bond acceptors (Lipinski definition) is 6. The first kappa shape index (κ1) is 17.8. The summed E-state index contributed by atoms with van der Waals surface area (Å²) in [7, 11) is 2.93. The lowest BCUT2D eigenvalue weighted by Crippen LogP contribution is -2.42. The Morgan fingerprint density at radius 3 is 2.46 bits per heavy atom. The number of benzene rings is 2. The van der Waals surface area contributed by atoms with E-state index in [9.17, 15) is 9.90 Å². The molecular weight excluding hydrogens is 360 g/mol. The van der Waals surface area contributed by atoms with Crippen molar-refractivity contribution < 1.29 is 23.8 Å². The van der Waals surface area contributed by atoms with Crippen LogP contribution in [0.15, 0.2) is 59.2 Å². The highest BCUT2D eigenvalue weighted by molar-refractivity contribution is 6.01. The molecule has 0 fully saturated rings. The van der Waals surface area contributed by atoms with Crippen molar-refractivity contribution in [2.75, 3.05) is 19.5 Å². The van der Waals surface area contributed by atoms with Crippen LogP contribution in [0.1, 0.15) is 27.8 Å². The van der Waals surface area contributed by atoms with Gasteiger partial charge in [-0.1, -0.05) is 12.1 Å². The number of anilines is 1. The molecule has 2 aromatic carbocycles. The SMILES string of the molecule is COc1cc([C@@H]2Nc3ccccc3C(=O)N2Cc2ccco2)cc(OC)c1O. The fourth-order valence-electron chi connectivity index (χ4n) is 3.36. The summed E-state index contributed by atoms with van der Waals surface area (Å²) in [5.74, 6) is 0.980. The smallest absolute Gasteiger partial charge is 0.258 e. The maximum absolute atomic E-state index is 13.2. The highest BCUT2D eigenvalue weighted by Crippen LogP contribution is 2.42. The van der Waals surface area contributed by atoms with Crippen molar-refractivity contribution in [2.24, 2.45) is 0 Å². The summed E-state index contributed by atoms with van der Waals surface area (Å²) in [6.07, 6.45) is 1.07. The van der Waals surface area contributed by atoms with Gasteiger partial charge in [0, 0.05) is 11.3 Å². The minimum absolute atomic E-state index is 0.0890. The van der Waals surface area contributed by atoms with E-state index < -0.39 is 6.17 Å². The normalized spacial score (nSPS) is 15.7. The number of ether oxygens (including phenoxy) is 2. The number of carbonyl (C=O) groups excluding carboxylic acids is 1. The quantitative estimate of drug-likeness (QED) is 0.701. The molecule has 1 aromatic heterocycles. The van der Waals surface area contributed by atoms with Gasteiger partial charge in [0.05, 0.1) is 32.6 Å². The predicted octanol–water partition coefficient (Wildman–Crippen LogP) is 3.77. The number of nitrogens with one attached hydrogen (secondary N) is 1. The Kier molecular flexibility index (Phi) is 4.57. The third kappa shape index (κ3) is 3.00. The lowest BCUT2D eigenvalue weighted by Gasteiger charge is -2.38. The second-order valence-electron chi connectivity index (χ2n) is 6.38. The number of carbonyl (C=O) groups is 1. The molecule has 1 aliphatic rings. The van der Waals surface area contributed by atoms with E-state index in [1.54, 1.807) is 35.4 Å². The second kappa shape index (κ2) is 7.19. The molecule has 0 radical (unpaired) electrons. The summed E-state index contributed by atoms with van der Waals surface area (Å²) in [6.45, 7) is 0.281. The van der Waals surface area contributed by atoms with Crippen molar-refractivity contribution in [2.45, 2.75) is 12.7 Å². The summed E-state index contributed by atoms with van der Waals surface area (Å²) in [5, 5.41) is 13.6. The molecular formula is C21H20N2O5. The third-order valence-corrected chi connectivity index (χ3v) is 4.75. The van der Waals surface area contributed by atoms with Crippen molar-refractivity contribution in [3.63, 3.8) is 0 Å². The van der Waals surface area contributed by atoms with Crippen LogP contribution < -0.4 is 14.8 Å². The summed E-state index contributed by atoms with van der Waals surface area (Å²) >= 11 is 0. The molecule has 0 spiro atoms. The number of phenols is 1. The Morgan fingerprint density at radius 1 is 1.11 bits per heavy atom. The molecule has 0 saturated carbocycles. The number of hydrogen-bond donors (Lipinski definition) is 2. The number of methoxy groups -OCH3 is 2. The predicted molar refractivity (Wildman–Crippen MR) is 103 cm³/mol. The molecule has 2 heterocycles. The van der Waals surface area contributed by atoms with Gasteiger partial charge in [0.15, 0.2) is 11.5 Å².